The fraction of sp³-hybridized carbons (Fsp3) is 0.901. The van der Waals surface area contributed by atoms with E-state index in [9.17, 15) is 75.7 Å². The number of aliphatic hydroxyl groups excluding tert-OH is 11. The molecule has 2 amide bonds. The molecule has 18 unspecified atom stereocenters. The van der Waals surface area contributed by atoms with E-state index in [1.807, 2.05) is 0 Å². The molecule has 0 spiro atoms. The molecular weight excluding hydrogens is 1220 g/mol. The fourth-order valence-corrected chi connectivity index (χ4v) is 12.8. The Balaban J connectivity index is 1.55. The topological polar surface area (TPSA) is 373 Å². The Morgan fingerprint density at radius 3 is 1.49 bits per heavy atom. The lowest BCUT2D eigenvalue weighted by Crippen LogP contribution is -2.70. The first-order valence-corrected chi connectivity index (χ1v) is 36.7. The maximum atomic E-state index is 13.5. The van der Waals surface area contributed by atoms with Gasteiger partial charge in [0, 0.05) is 19.8 Å². The maximum absolute atomic E-state index is 13.5. The molecule has 0 saturated carbocycles. The van der Waals surface area contributed by atoms with Crippen LogP contribution in [-0.2, 0) is 42.8 Å². The van der Waals surface area contributed by atoms with Gasteiger partial charge in [-0.1, -0.05) is 231 Å². The molecule has 94 heavy (non-hydrogen) atoms. The largest absolute Gasteiger partial charge is 0.477 e. The van der Waals surface area contributed by atoms with Gasteiger partial charge in [-0.2, -0.15) is 0 Å². The van der Waals surface area contributed by atoms with Crippen molar-refractivity contribution in [2.24, 2.45) is 0 Å². The second kappa shape index (κ2) is 51.4. The van der Waals surface area contributed by atoms with E-state index in [1.165, 1.54) is 154 Å². The van der Waals surface area contributed by atoms with E-state index in [-0.39, 0.29) is 18.9 Å². The maximum Gasteiger partial charge on any atom is 0.364 e. The third-order valence-corrected chi connectivity index (χ3v) is 18.7. The summed E-state index contributed by atoms with van der Waals surface area (Å²) >= 11 is 0. The van der Waals surface area contributed by atoms with E-state index in [4.69, 9.17) is 28.4 Å². The van der Waals surface area contributed by atoms with Gasteiger partial charge in [-0.05, 0) is 44.9 Å². The van der Waals surface area contributed by atoms with Gasteiger partial charge in [0.05, 0.1) is 50.7 Å². The summed E-state index contributed by atoms with van der Waals surface area (Å²) in [5.74, 6) is -6.10. The van der Waals surface area contributed by atoms with E-state index in [0.717, 1.165) is 71.1 Å². The lowest BCUT2D eigenvalue weighted by molar-refractivity contribution is -0.386. The Bertz CT molecular complexity index is 1990. The van der Waals surface area contributed by atoms with Crippen molar-refractivity contribution in [3.63, 3.8) is 0 Å². The standard InChI is InChI=1S/C71H130N2O21/c1-4-6-8-10-12-14-16-18-20-21-22-23-24-25-26-27-28-29-31-33-35-37-39-41-43-45-58(81)73-52(53(78)44-42-40-38-36-34-32-30-19-17-15-13-11-9-7-5-2)50-89-68-63(85)62(84)65(57(49-76)91-68)92-69-64(86)67(61(83)56(48-75)90-69)94-71(70(87)88)46-54(79)59(72-51(3)77)66(93-71)60(82)55(80)47-74/h22-23,25-26,52-57,59-69,74-76,78-80,82-86H,4-21,24,27-50H2,1-3H3,(H,72,77)(H,73,81)(H,87,88)/b23-22-,26-25-. The second-order valence-corrected chi connectivity index (χ2v) is 26.8. The zero-order valence-electron chi connectivity index (χ0n) is 57.6. The number of ether oxygens (including phenoxy) is 6. The van der Waals surface area contributed by atoms with E-state index < -0.39 is 148 Å². The number of carboxylic acid groups (broad SMARTS) is 1. The highest BCUT2D eigenvalue weighted by Crippen LogP contribution is 2.39. The number of carbonyl (C=O) groups is 3. The first-order valence-electron chi connectivity index (χ1n) is 36.7. The molecule has 550 valence electrons. The SMILES string of the molecule is CCCCCCCCCCC/C=C\C/C=C\CCCCCCCCCCCC(=O)NC(COC1OC(CO)C(OC2OC(CO)C(O)C(OC3(C(=O)O)CC(O)C(NC(C)=O)C(C(O)C(O)CO)O3)C2O)C(O)C1O)C(O)CCCCCCCCCCCCCCCCC. The monoisotopic (exact) mass is 1350 g/mol. The molecule has 3 aliphatic heterocycles. The zero-order chi connectivity index (χ0) is 68.9. The van der Waals surface area contributed by atoms with Crippen molar-refractivity contribution in [1.29, 1.82) is 0 Å². The number of carboxylic acids is 1. The van der Waals surface area contributed by atoms with Gasteiger partial charge in [-0.15, -0.1) is 0 Å². The summed E-state index contributed by atoms with van der Waals surface area (Å²) in [6.45, 7) is 2.21. The average Bonchev–Trinajstić information content (AvgIpc) is 0.759. The van der Waals surface area contributed by atoms with Gasteiger partial charge in [0.25, 0.3) is 5.79 Å². The predicted molar refractivity (Wildman–Crippen MR) is 357 cm³/mol. The summed E-state index contributed by atoms with van der Waals surface area (Å²) in [5, 5.41) is 136. The number of aliphatic hydroxyl groups is 11. The quantitative estimate of drug-likeness (QED) is 0.0205. The molecule has 0 bridgehead atoms. The zero-order valence-corrected chi connectivity index (χ0v) is 57.6. The van der Waals surface area contributed by atoms with Gasteiger partial charge < -0.3 is 100 Å². The van der Waals surface area contributed by atoms with Gasteiger partial charge in [0.2, 0.25) is 11.8 Å². The molecule has 0 aliphatic carbocycles. The Hall–Kier alpha value is -2.79. The Labute approximate surface area is 562 Å². The molecule has 23 nitrogen and oxygen atoms in total. The number of nitrogens with one attached hydrogen (secondary N) is 2. The fourth-order valence-electron chi connectivity index (χ4n) is 12.8. The molecule has 14 N–H and O–H groups in total. The Kier molecular flexibility index (Phi) is 46.7. The summed E-state index contributed by atoms with van der Waals surface area (Å²) in [6, 6.07) is -2.53. The highest BCUT2D eigenvalue weighted by atomic mass is 16.8. The van der Waals surface area contributed by atoms with Crippen LogP contribution in [0.25, 0.3) is 0 Å². The van der Waals surface area contributed by atoms with Crippen molar-refractivity contribution < 1.29 is 104 Å². The third-order valence-electron chi connectivity index (χ3n) is 18.7. The number of unbranched alkanes of at least 4 members (excludes halogenated alkanes) is 32. The van der Waals surface area contributed by atoms with Crippen LogP contribution >= 0.6 is 0 Å². The van der Waals surface area contributed by atoms with E-state index in [0.29, 0.717) is 19.3 Å². The molecule has 0 aromatic heterocycles. The van der Waals surface area contributed by atoms with Crippen LogP contribution in [0.5, 0.6) is 0 Å². The highest BCUT2D eigenvalue weighted by Gasteiger charge is 2.60. The van der Waals surface area contributed by atoms with Crippen molar-refractivity contribution in [2.45, 2.75) is 381 Å². The van der Waals surface area contributed by atoms with Crippen molar-refractivity contribution in [1.82, 2.24) is 10.6 Å². The summed E-state index contributed by atoms with van der Waals surface area (Å²) in [7, 11) is 0. The lowest BCUT2D eigenvalue weighted by Gasteiger charge is -2.50. The van der Waals surface area contributed by atoms with Crippen LogP contribution in [0.3, 0.4) is 0 Å². The molecule has 23 heteroatoms. The van der Waals surface area contributed by atoms with Crippen LogP contribution in [0.4, 0.5) is 0 Å². The predicted octanol–water partition coefficient (Wildman–Crippen LogP) is 7.62. The molecule has 0 radical (unpaired) electrons. The number of hydrogen-bond acceptors (Lipinski definition) is 20. The molecular formula is C71H130N2O21. The van der Waals surface area contributed by atoms with Crippen molar-refractivity contribution in [3.8, 4) is 0 Å². The van der Waals surface area contributed by atoms with Gasteiger partial charge in [-0.25, -0.2) is 4.79 Å². The number of allylic oxidation sites excluding steroid dienone is 4. The van der Waals surface area contributed by atoms with Crippen LogP contribution in [-0.4, -0.2) is 215 Å². The normalized spacial score (nSPS) is 28.0. The van der Waals surface area contributed by atoms with Crippen LogP contribution in [0, 0.1) is 0 Å². The summed E-state index contributed by atoms with van der Waals surface area (Å²) in [5.41, 5.74) is 0. The Morgan fingerprint density at radius 1 is 0.553 bits per heavy atom. The third kappa shape index (κ3) is 32.9. The lowest BCUT2D eigenvalue weighted by atomic mass is 9.88. The molecule has 18 atom stereocenters. The molecule has 3 saturated heterocycles. The van der Waals surface area contributed by atoms with Crippen molar-refractivity contribution in [2.75, 3.05) is 26.4 Å². The number of rotatable bonds is 56. The average molecular weight is 1350 g/mol. The van der Waals surface area contributed by atoms with E-state index in [1.54, 1.807) is 0 Å². The van der Waals surface area contributed by atoms with Crippen LogP contribution in [0.15, 0.2) is 24.3 Å². The van der Waals surface area contributed by atoms with Crippen LogP contribution < -0.4 is 10.6 Å². The minimum atomic E-state index is -3.08. The first kappa shape index (κ1) is 85.4. The minimum Gasteiger partial charge on any atom is -0.477 e. The van der Waals surface area contributed by atoms with Crippen molar-refractivity contribution in [3.05, 3.63) is 24.3 Å². The Morgan fingerprint density at radius 2 is 1.02 bits per heavy atom. The number of aliphatic carboxylic acids is 1. The number of hydrogen-bond donors (Lipinski definition) is 14. The smallest absolute Gasteiger partial charge is 0.364 e. The molecule has 3 fully saturated rings. The van der Waals surface area contributed by atoms with Crippen LogP contribution in [0.1, 0.15) is 271 Å². The van der Waals surface area contributed by atoms with Crippen LogP contribution in [0.2, 0.25) is 0 Å². The van der Waals surface area contributed by atoms with Gasteiger partial charge in [0.15, 0.2) is 12.6 Å². The molecule has 3 heterocycles. The summed E-state index contributed by atoms with van der Waals surface area (Å²) in [4.78, 5) is 38.6. The molecule has 3 rings (SSSR count). The van der Waals surface area contributed by atoms with Gasteiger partial charge >= 0.3 is 5.97 Å². The molecule has 0 aromatic rings. The minimum absolute atomic E-state index is 0.219. The first-order chi connectivity index (χ1) is 45.4. The van der Waals surface area contributed by atoms with E-state index in [2.05, 4.69) is 48.8 Å². The van der Waals surface area contributed by atoms with E-state index >= 15 is 0 Å². The van der Waals surface area contributed by atoms with Crippen molar-refractivity contribution >= 4 is 17.8 Å². The summed E-state index contributed by atoms with van der Waals surface area (Å²) < 4.78 is 34.9. The summed E-state index contributed by atoms with van der Waals surface area (Å²) in [6.07, 6.45) is 23.2. The second-order valence-electron chi connectivity index (χ2n) is 26.8. The van der Waals surface area contributed by atoms with Gasteiger partial charge in [-0.3, -0.25) is 9.59 Å². The highest BCUT2D eigenvalue weighted by molar-refractivity contribution is 5.77. The molecule has 3 aliphatic rings. The molecule has 0 aromatic carbocycles. The number of carbonyl (C=O) groups excluding carboxylic acids is 2. The number of amides is 2. The van der Waals surface area contributed by atoms with Gasteiger partial charge in [0.1, 0.15) is 67.1 Å².